The molecule has 3 rings (SSSR count). The molecule has 0 unspecified atom stereocenters. The summed E-state index contributed by atoms with van der Waals surface area (Å²) in [5, 5.41) is 0. The number of anilines is 1. The molecule has 0 atom stereocenters. The summed E-state index contributed by atoms with van der Waals surface area (Å²) in [5.41, 5.74) is 8.87. The van der Waals surface area contributed by atoms with Gasteiger partial charge in [-0.05, 0) is 17.7 Å². The van der Waals surface area contributed by atoms with Crippen LogP contribution in [0, 0.1) is 0 Å². The van der Waals surface area contributed by atoms with Gasteiger partial charge in [0.1, 0.15) is 5.82 Å². The molecule has 0 bridgehead atoms. The van der Waals surface area contributed by atoms with Crippen LogP contribution in [0.25, 0.3) is 22.5 Å². The number of nitrogens with two attached hydrogens (primary N) is 1. The molecule has 2 aromatic carbocycles. The average Bonchev–Trinajstić information content (AvgIpc) is 2.48. The van der Waals surface area contributed by atoms with Gasteiger partial charge in [0.15, 0.2) is 5.82 Å². The zero-order valence-electron chi connectivity index (χ0n) is 10.6. The quantitative estimate of drug-likeness (QED) is 0.769. The minimum atomic E-state index is 0.483. The Morgan fingerprint density at radius 2 is 1.65 bits per heavy atom. The SMILES string of the molecule is Nc1nc(-c2ccccc2)ncc1-c1cccc(Br)c1. The molecule has 0 aliphatic carbocycles. The first-order chi connectivity index (χ1) is 9.74. The average molecular weight is 326 g/mol. The maximum absolute atomic E-state index is 6.07. The fourth-order valence-corrected chi connectivity index (χ4v) is 2.40. The van der Waals surface area contributed by atoms with Gasteiger partial charge < -0.3 is 5.73 Å². The first-order valence-corrected chi connectivity index (χ1v) is 6.97. The second-order valence-corrected chi connectivity index (χ2v) is 5.28. The summed E-state index contributed by atoms with van der Waals surface area (Å²) in [4.78, 5) is 8.81. The van der Waals surface area contributed by atoms with Gasteiger partial charge in [-0.25, -0.2) is 9.97 Å². The zero-order valence-corrected chi connectivity index (χ0v) is 12.2. The summed E-state index contributed by atoms with van der Waals surface area (Å²) in [5.74, 6) is 1.12. The predicted octanol–water partition coefficient (Wildman–Crippen LogP) is 4.16. The van der Waals surface area contributed by atoms with Crippen LogP contribution in [0.4, 0.5) is 5.82 Å². The number of hydrogen-bond donors (Lipinski definition) is 1. The summed E-state index contributed by atoms with van der Waals surface area (Å²) in [6, 6.07) is 17.7. The van der Waals surface area contributed by atoms with Gasteiger partial charge in [0.2, 0.25) is 0 Å². The third-order valence-electron chi connectivity index (χ3n) is 2.99. The Morgan fingerprint density at radius 3 is 2.35 bits per heavy atom. The molecular weight excluding hydrogens is 314 g/mol. The van der Waals surface area contributed by atoms with E-state index in [0.29, 0.717) is 11.6 Å². The van der Waals surface area contributed by atoms with Crippen LogP contribution < -0.4 is 5.73 Å². The number of halogens is 1. The van der Waals surface area contributed by atoms with Crippen molar-refractivity contribution in [2.24, 2.45) is 0 Å². The van der Waals surface area contributed by atoms with E-state index in [9.17, 15) is 0 Å². The first kappa shape index (κ1) is 12.8. The predicted molar refractivity (Wildman–Crippen MR) is 85.0 cm³/mol. The van der Waals surface area contributed by atoms with Crippen LogP contribution in [-0.4, -0.2) is 9.97 Å². The highest BCUT2D eigenvalue weighted by atomic mass is 79.9. The topological polar surface area (TPSA) is 51.8 Å². The van der Waals surface area contributed by atoms with Crippen molar-refractivity contribution in [2.45, 2.75) is 0 Å². The van der Waals surface area contributed by atoms with Crippen molar-refractivity contribution in [2.75, 3.05) is 5.73 Å². The molecule has 0 radical (unpaired) electrons. The van der Waals surface area contributed by atoms with Gasteiger partial charge >= 0.3 is 0 Å². The van der Waals surface area contributed by atoms with Crippen molar-refractivity contribution in [1.82, 2.24) is 9.97 Å². The van der Waals surface area contributed by atoms with Crippen molar-refractivity contribution >= 4 is 21.7 Å². The van der Waals surface area contributed by atoms with Crippen LogP contribution in [0.15, 0.2) is 65.3 Å². The summed E-state index contributed by atoms with van der Waals surface area (Å²) in [7, 11) is 0. The maximum atomic E-state index is 6.07. The molecule has 3 nitrogen and oxygen atoms in total. The lowest BCUT2D eigenvalue weighted by atomic mass is 10.1. The monoisotopic (exact) mass is 325 g/mol. The molecule has 4 heteroatoms. The highest BCUT2D eigenvalue weighted by Crippen LogP contribution is 2.27. The largest absolute Gasteiger partial charge is 0.383 e. The van der Waals surface area contributed by atoms with E-state index in [4.69, 9.17) is 5.73 Å². The summed E-state index contributed by atoms with van der Waals surface area (Å²) >= 11 is 3.45. The molecule has 3 aromatic rings. The minimum Gasteiger partial charge on any atom is -0.383 e. The lowest BCUT2D eigenvalue weighted by Gasteiger charge is -2.07. The molecule has 0 saturated heterocycles. The molecule has 98 valence electrons. The van der Waals surface area contributed by atoms with Crippen molar-refractivity contribution < 1.29 is 0 Å². The van der Waals surface area contributed by atoms with E-state index in [0.717, 1.165) is 21.2 Å². The second kappa shape index (κ2) is 5.43. The fourth-order valence-electron chi connectivity index (χ4n) is 2.00. The molecule has 1 aromatic heterocycles. The van der Waals surface area contributed by atoms with E-state index in [1.807, 2.05) is 54.6 Å². The lowest BCUT2D eigenvalue weighted by Crippen LogP contribution is -1.98. The molecule has 20 heavy (non-hydrogen) atoms. The van der Waals surface area contributed by atoms with Gasteiger partial charge in [-0.2, -0.15) is 0 Å². The van der Waals surface area contributed by atoms with Crippen molar-refractivity contribution in [3.63, 3.8) is 0 Å². The van der Waals surface area contributed by atoms with Crippen LogP contribution >= 0.6 is 15.9 Å². The standard InChI is InChI=1S/C16H12BrN3/c17-13-8-4-7-12(9-13)14-10-19-16(20-15(14)18)11-5-2-1-3-6-11/h1-10H,(H2,18,19,20). The lowest BCUT2D eigenvalue weighted by molar-refractivity contribution is 1.19. The van der Waals surface area contributed by atoms with Gasteiger partial charge in [-0.15, -0.1) is 0 Å². The van der Waals surface area contributed by atoms with Crippen LogP contribution in [-0.2, 0) is 0 Å². The third kappa shape index (κ3) is 2.56. The fraction of sp³-hybridized carbons (Fsp3) is 0. The molecule has 2 N–H and O–H groups in total. The molecular formula is C16H12BrN3. The van der Waals surface area contributed by atoms with Gasteiger partial charge in [0.05, 0.1) is 0 Å². The molecule has 0 spiro atoms. The zero-order chi connectivity index (χ0) is 13.9. The van der Waals surface area contributed by atoms with Gasteiger partial charge in [-0.3, -0.25) is 0 Å². The Kier molecular flexibility index (Phi) is 3.48. The summed E-state index contributed by atoms with van der Waals surface area (Å²) in [6.45, 7) is 0. The van der Waals surface area contributed by atoms with E-state index in [-0.39, 0.29) is 0 Å². The van der Waals surface area contributed by atoms with Crippen molar-refractivity contribution in [3.8, 4) is 22.5 Å². The number of hydrogen-bond acceptors (Lipinski definition) is 3. The first-order valence-electron chi connectivity index (χ1n) is 6.18. The van der Waals surface area contributed by atoms with E-state index in [2.05, 4.69) is 25.9 Å². The van der Waals surface area contributed by atoms with Crippen molar-refractivity contribution in [1.29, 1.82) is 0 Å². The number of nitrogen functional groups attached to an aromatic ring is 1. The van der Waals surface area contributed by atoms with Crippen molar-refractivity contribution in [3.05, 3.63) is 65.3 Å². The molecule has 0 amide bonds. The molecule has 0 aliphatic heterocycles. The minimum absolute atomic E-state index is 0.483. The summed E-state index contributed by atoms with van der Waals surface area (Å²) in [6.07, 6.45) is 1.77. The second-order valence-electron chi connectivity index (χ2n) is 4.37. The Morgan fingerprint density at radius 1 is 0.900 bits per heavy atom. The highest BCUT2D eigenvalue weighted by Gasteiger charge is 2.08. The normalized spacial score (nSPS) is 10.4. The van der Waals surface area contributed by atoms with E-state index >= 15 is 0 Å². The van der Waals surface area contributed by atoms with Crippen LogP contribution in [0.2, 0.25) is 0 Å². The Labute approximate surface area is 125 Å². The smallest absolute Gasteiger partial charge is 0.161 e. The van der Waals surface area contributed by atoms with E-state index < -0.39 is 0 Å². The number of aromatic nitrogens is 2. The Balaban J connectivity index is 2.04. The molecule has 0 saturated carbocycles. The van der Waals surface area contributed by atoms with Gasteiger partial charge in [0.25, 0.3) is 0 Å². The molecule has 0 fully saturated rings. The van der Waals surface area contributed by atoms with Crippen LogP contribution in [0.5, 0.6) is 0 Å². The van der Waals surface area contributed by atoms with Gasteiger partial charge in [-0.1, -0.05) is 58.4 Å². The number of rotatable bonds is 2. The third-order valence-corrected chi connectivity index (χ3v) is 3.48. The van der Waals surface area contributed by atoms with E-state index in [1.54, 1.807) is 6.20 Å². The number of benzene rings is 2. The van der Waals surface area contributed by atoms with Gasteiger partial charge in [0, 0.05) is 21.8 Å². The Bertz CT molecular complexity index is 742. The number of nitrogens with zero attached hydrogens (tertiary/aromatic N) is 2. The van der Waals surface area contributed by atoms with Crippen LogP contribution in [0.1, 0.15) is 0 Å². The molecule has 1 heterocycles. The highest BCUT2D eigenvalue weighted by molar-refractivity contribution is 9.10. The Hall–Kier alpha value is -2.20. The maximum Gasteiger partial charge on any atom is 0.161 e. The summed E-state index contributed by atoms with van der Waals surface area (Å²) < 4.78 is 1.00. The van der Waals surface area contributed by atoms with E-state index in [1.165, 1.54) is 0 Å². The molecule has 0 aliphatic rings. The van der Waals surface area contributed by atoms with Crippen LogP contribution in [0.3, 0.4) is 0 Å².